The molecule has 1 atom stereocenters. The maximum Gasteiger partial charge on any atom is 0.387 e. The van der Waals surface area contributed by atoms with E-state index in [0.29, 0.717) is 29.3 Å². The van der Waals surface area contributed by atoms with Gasteiger partial charge in [0.1, 0.15) is 29.0 Å². The number of carbonyl (C=O) groups excluding carboxylic acids is 1. The molecule has 3 aromatic rings. The predicted molar refractivity (Wildman–Crippen MR) is 99.7 cm³/mol. The van der Waals surface area contributed by atoms with Crippen molar-refractivity contribution in [2.75, 3.05) is 11.9 Å². The van der Waals surface area contributed by atoms with Crippen molar-refractivity contribution >= 4 is 17.3 Å². The maximum atomic E-state index is 12.8. The third kappa shape index (κ3) is 4.29. The monoisotopic (exact) mass is 401 g/mol. The van der Waals surface area contributed by atoms with Crippen molar-refractivity contribution in [1.29, 1.82) is 0 Å². The lowest BCUT2D eigenvalue weighted by Gasteiger charge is -2.20. The van der Waals surface area contributed by atoms with Crippen LogP contribution in [0.2, 0.25) is 0 Å². The van der Waals surface area contributed by atoms with E-state index in [1.165, 1.54) is 17.1 Å². The fourth-order valence-electron chi connectivity index (χ4n) is 3.05. The number of rotatable bonds is 7. The van der Waals surface area contributed by atoms with E-state index in [0.717, 1.165) is 0 Å². The number of halogens is 2. The van der Waals surface area contributed by atoms with E-state index < -0.39 is 6.61 Å². The van der Waals surface area contributed by atoms with Crippen molar-refractivity contribution in [3.63, 3.8) is 0 Å². The first-order valence-electron chi connectivity index (χ1n) is 8.86. The largest absolute Gasteiger partial charge is 0.467 e. The van der Waals surface area contributed by atoms with Gasteiger partial charge in [-0.2, -0.15) is 13.9 Å². The summed E-state index contributed by atoms with van der Waals surface area (Å²) in [6.07, 6.45) is 3.56. The zero-order valence-electron chi connectivity index (χ0n) is 15.1. The van der Waals surface area contributed by atoms with E-state index in [9.17, 15) is 13.6 Å². The van der Waals surface area contributed by atoms with Crippen molar-refractivity contribution in [1.82, 2.24) is 5.01 Å². The second kappa shape index (κ2) is 8.17. The Labute approximate surface area is 164 Å². The molecule has 9 heteroatoms. The van der Waals surface area contributed by atoms with Gasteiger partial charge in [0, 0.05) is 12.1 Å². The minimum absolute atomic E-state index is 0.0405. The lowest BCUT2D eigenvalue weighted by Crippen LogP contribution is -2.32. The molecule has 0 fully saturated rings. The van der Waals surface area contributed by atoms with E-state index in [-0.39, 0.29) is 24.2 Å². The number of hydrogen-bond acceptors (Lipinski definition) is 6. The average Bonchev–Trinajstić information content (AvgIpc) is 3.47. The summed E-state index contributed by atoms with van der Waals surface area (Å²) < 4.78 is 39.6. The number of ether oxygens (including phenoxy) is 1. The number of alkyl halides is 2. The van der Waals surface area contributed by atoms with Gasteiger partial charge in [-0.25, -0.2) is 5.01 Å². The summed E-state index contributed by atoms with van der Waals surface area (Å²) >= 11 is 0. The Morgan fingerprint density at radius 2 is 1.93 bits per heavy atom. The van der Waals surface area contributed by atoms with Crippen LogP contribution >= 0.6 is 0 Å². The van der Waals surface area contributed by atoms with Crippen LogP contribution in [0, 0.1) is 0 Å². The first-order chi connectivity index (χ1) is 14.1. The molecule has 0 radical (unpaired) electrons. The van der Waals surface area contributed by atoms with Gasteiger partial charge in [0.25, 0.3) is 5.91 Å². The van der Waals surface area contributed by atoms with Crippen LogP contribution in [0.15, 0.2) is 75.0 Å². The van der Waals surface area contributed by atoms with Crippen LogP contribution in [0.3, 0.4) is 0 Å². The minimum Gasteiger partial charge on any atom is -0.467 e. The molecule has 0 aliphatic carbocycles. The lowest BCUT2D eigenvalue weighted by molar-refractivity contribution is -0.131. The van der Waals surface area contributed by atoms with Crippen LogP contribution in [0.4, 0.5) is 14.5 Å². The summed E-state index contributed by atoms with van der Waals surface area (Å²) in [6, 6.07) is 12.6. The highest BCUT2D eigenvalue weighted by Gasteiger charge is 2.35. The summed E-state index contributed by atoms with van der Waals surface area (Å²) in [5.74, 6) is 0.986. The Hall–Kier alpha value is -3.62. The predicted octanol–water partition coefficient (Wildman–Crippen LogP) is 4.26. The van der Waals surface area contributed by atoms with Crippen molar-refractivity contribution < 1.29 is 27.1 Å². The second-order valence-electron chi connectivity index (χ2n) is 6.25. The summed E-state index contributed by atoms with van der Waals surface area (Å²) in [7, 11) is 0. The number of hydrogen-bond donors (Lipinski definition) is 1. The van der Waals surface area contributed by atoms with E-state index in [1.54, 1.807) is 48.9 Å². The lowest BCUT2D eigenvalue weighted by atomic mass is 10.1. The molecule has 7 nitrogen and oxygen atoms in total. The van der Waals surface area contributed by atoms with Gasteiger partial charge < -0.3 is 18.9 Å². The molecule has 150 valence electrons. The Balaban J connectivity index is 1.45. The zero-order chi connectivity index (χ0) is 20.2. The van der Waals surface area contributed by atoms with Gasteiger partial charge in [0.15, 0.2) is 0 Å². The van der Waals surface area contributed by atoms with Crippen LogP contribution in [-0.4, -0.2) is 29.8 Å². The third-order valence-corrected chi connectivity index (χ3v) is 4.37. The normalized spacial score (nSPS) is 16.2. The molecule has 1 N–H and O–H groups in total. The van der Waals surface area contributed by atoms with Gasteiger partial charge >= 0.3 is 6.61 Å². The van der Waals surface area contributed by atoms with Crippen LogP contribution < -0.4 is 10.1 Å². The number of nitrogens with one attached hydrogen (secondary N) is 1. The molecule has 3 heterocycles. The Morgan fingerprint density at radius 1 is 1.17 bits per heavy atom. The number of benzene rings is 1. The number of nitrogens with zero attached hydrogens (tertiary/aromatic N) is 2. The van der Waals surface area contributed by atoms with Gasteiger partial charge in [-0.3, -0.25) is 4.79 Å². The van der Waals surface area contributed by atoms with E-state index in [4.69, 9.17) is 8.83 Å². The number of carbonyl (C=O) groups is 1. The quantitative estimate of drug-likeness (QED) is 0.640. The number of anilines is 1. The van der Waals surface area contributed by atoms with Gasteiger partial charge in [-0.15, -0.1) is 0 Å². The van der Waals surface area contributed by atoms with Crippen molar-refractivity contribution in [3.8, 4) is 5.75 Å². The SMILES string of the molecule is O=C(CNc1ccc(OC(F)F)cc1)N1N=C(c2ccco2)CC1c1ccco1. The Bertz CT molecular complexity index is 970. The maximum absolute atomic E-state index is 12.8. The second-order valence-corrected chi connectivity index (χ2v) is 6.25. The van der Waals surface area contributed by atoms with Crippen molar-refractivity contribution in [3.05, 3.63) is 72.6 Å². The molecule has 1 amide bonds. The molecular weight excluding hydrogens is 384 g/mol. The third-order valence-electron chi connectivity index (χ3n) is 4.37. The van der Waals surface area contributed by atoms with Gasteiger partial charge in [0.05, 0.1) is 19.1 Å². The first-order valence-corrected chi connectivity index (χ1v) is 8.86. The molecule has 29 heavy (non-hydrogen) atoms. The number of amides is 1. The van der Waals surface area contributed by atoms with Crippen LogP contribution in [0.1, 0.15) is 24.0 Å². The van der Waals surface area contributed by atoms with Gasteiger partial charge in [-0.05, 0) is 48.5 Å². The summed E-state index contributed by atoms with van der Waals surface area (Å²) in [4.78, 5) is 12.8. The molecule has 0 saturated heterocycles. The highest BCUT2D eigenvalue weighted by Crippen LogP contribution is 2.33. The molecule has 1 aliphatic rings. The highest BCUT2D eigenvalue weighted by atomic mass is 19.3. The number of furan rings is 2. The molecule has 1 aromatic carbocycles. The minimum atomic E-state index is -2.88. The topological polar surface area (TPSA) is 80.2 Å². The first kappa shape index (κ1) is 18.7. The molecule has 1 aliphatic heterocycles. The Morgan fingerprint density at radius 3 is 2.59 bits per heavy atom. The fourth-order valence-corrected chi connectivity index (χ4v) is 3.05. The summed E-state index contributed by atoms with van der Waals surface area (Å²) in [5.41, 5.74) is 1.24. The molecule has 4 rings (SSSR count). The van der Waals surface area contributed by atoms with E-state index in [2.05, 4.69) is 15.2 Å². The summed E-state index contributed by atoms with van der Waals surface area (Å²) in [6.45, 7) is -2.92. The van der Waals surface area contributed by atoms with E-state index >= 15 is 0 Å². The zero-order valence-corrected chi connectivity index (χ0v) is 15.1. The number of hydrazone groups is 1. The molecule has 0 saturated carbocycles. The Kier molecular flexibility index (Phi) is 5.28. The van der Waals surface area contributed by atoms with E-state index in [1.807, 2.05) is 0 Å². The molecule has 1 unspecified atom stereocenters. The smallest absolute Gasteiger partial charge is 0.387 e. The summed E-state index contributed by atoms with van der Waals surface area (Å²) in [5, 5.41) is 8.76. The van der Waals surface area contributed by atoms with Crippen molar-refractivity contribution in [2.45, 2.75) is 19.1 Å². The van der Waals surface area contributed by atoms with Crippen molar-refractivity contribution in [2.24, 2.45) is 5.10 Å². The molecule has 2 aromatic heterocycles. The standard InChI is InChI=1S/C20H17F2N3O4/c21-20(22)29-14-7-5-13(6-8-14)23-12-19(26)25-16(18-4-2-10-28-18)11-15(24-25)17-3-1-9-27-17/h1-10,16,20,23H,11-12H2. The fraction of sp³-hybridized carbons (Fsp3) is 0.200. The van der Waals surface area contributed by atoms with Gasteiger partial charge in [0.2, 0.25) is 0 Å². The molecule has 0 bridgehead atoms. The molecular formula is C20H17F2N3O4. The highest BCUT2D eigenvalue weighted by molar-refractivity contribution is 6.01. The van der Waals surface area contributed by atoms with Gasteiger partial charge in [-0.1, -0.05) is 0 Å². The van der Waals surface area contributed by atoms with Crippen LogP contribution in [0.25, 0.3) is 0 Å². The van der Waals surface area contributed by atoms with Crippen LogP contribution in [-0.2, 0) is 4.79 Å². The average molecular weight is 401 g/mol. The van der Waals surface area contributed by atoms with Crippen LogP contribution in [0.5, 0.6) is 5.75 Å². The molecule has 0 spiro atoms.